The van der Waals surface area contributed by atoms with Gasteiger partial charge in [0, 0.05) is 0 Å². The lowest BCUT2D eigenvalue weighted by atomic mass is 9.82. The monoisotopic (exact) mass is 322 g/mol. The Kier molecular flexibility index (Phi) is 6.66. The molecular formula is C24H34. The number of hydrogen-bond acceptors (Lipinski definition) is 0. The third-order valence-corrected chi connectivity index (χ3v) is 5.31. The zero-order chi connectivity index (χ0) is 17.7. The van der Waals surface area contributed by atoms with Crippen molar-refractivity contribution in [2.45, 2.75) is 80.1 Å². The molecule has 2 aromatic carbocycles. The van der Waals surface area contributed by atoms with Crippen LogP contribution in [0.25, 0.3) is 11.1 Å². The summed E-state index contributed by atoms with van der Waals surface area (Å²) in [6.45, 7) is 13.7. The minimum Gasteiger partial charge on any atom is -0.0613 e. The van der Waals surface area contributed by atoms with Crippen LogP contribution in [-0.2, 0) is 38.5 Å². The second-order valence-electron chi connectivity index (χ2n) is 6.70. The second-order valence-corrected chi connectivity index (χ2v) is 6.70. The Labute approximate surface area is 149 Å². The molecule has 0 amide bonds. The molecule has 0 spiro atoms. The molecule has 0 aliphatic rings. The van der Waals surface area contributed by atoms with Crippen LogP contribution in [0, 0.1) is 0 Å². The molecule has 0 saturated heterocycles. The first-order chi connectivity index (χ1) is 11.6. The molecule has 0 heteroatoms. The molecule has 2 rings (SSSR count). The van der Waals surface area contributed by atoms with Gasteiger partial charge in [0.15, 0.2) is 0 Å². The summed E-state index contributed by atoms with van der Waals surface area (Å²) in [7, 11) is 0. The van der Waals surface area contributed by atoms with E-state index in [4.69, 9.17) is 0 Å². The Morgan fingerprint density at radius 2 is 0.667 bits per heavy atom. The molecule has 0 fully saturated rings. The van der Waals surface area contributed by atoms with E-state index in [1.165, 1.54) is 44.5 Å². The predicted octanol–water partition coefficient (Wildman–Crippen LogP) is 6.73. The summed E-state index contributed by atoms with van der Waals surface area (Å²) in [5, 5.41) is 0. The molecule has 0 nitrogen and oxygen atoms in total. The van der Waals surface area contributed by atoms with Crippen molar-refractivity contribution in [1.29, 1.82) is 0 Å². The fraction of sp³-hybridized carbons (Fsp3) is 0.500. The topological polar surface area (TPSA) is 0 Å². The van der Waals surface area contributed by atoms with Crippen LogP contribution in [0.4, 0.5) is 0 Å². The maximum Gasteiger partial charge on any atom is -0.0114 e. The molecular weight excluding hydrogens is 288 g/mol. The van der Waals surface area contributed by atoms with Crippen LogP contribution in [0.5, 0.6) is 0 Å². The molecule has 0 N–H and O–H groups in total. The Hall–Kier alpha value is -1.56. The molecule has 0 radical (unpaired) electrons. The zero-order valence-corrected chi connectivity index (χ0v) is 16.6. The van der Waals surface area contributed by atoms with E-state index in [9.17, 15) is 0 Å². The average Bonchev–Trinajstić information content (AvgIpc) is 2.65. The predicted molar refractivity (Wildman–Crippen MR) is 108 cm³/mol. The van der Waals surface area contributed by atoms with E-state index in [1.54, 1.807) is 0 Å². The van der Waals surface area contributed by atoms with Crippen LogP contribution in [0.3, 0.4) is 0 Å². The molecule has 0 bridgehead atoms. The molecule has 24 heavy (non-hydrogen) atoms. The highest BCUT2D eigenvalue weighted by Crippen LogP contribution is 2.37. The SMILES string of the molecule is CCc1cc(CC)c(-c2c(CC)cc(CC)cc2CC)c(CC)c1. The molecule has 130 valence electrons. The fourth-order valence-electron chi connectivity index (χ4n) is 3.85. The lowest BCUT2D eigenvalue weighted by Crippen LogP contribution is -2.04. The molecule has 0 unspecified atom stereocenters. The zero-order valence-electron chi connectivity index (χ0n) is 16.6. The van der Waals surface area contributed by atoms with Crippen LogP contribution in [0.2, 0.25) is 0 Å². The summed E-state index contributed by atoms with van der Waals surface area (Å²) in [4.78, 5) is 0. The highest BCUT2D eigenvalue weighted by Gasteiger charge is 2.17. The molecule has 0 aliphatic heterocycles. The van der Waals surface area contributed by atoms with Crippen molar-refractivity contribution in [3.05, 3.63) is 57.6 Å². The van der Waals surface area contributed by atoms with E-state index in [1.807, 2.05) is 0 Å². The summed E-state index contributed by atoms with van der Waals surface area (Å²) >= 11 is 0. The van der Waals surface area contributed by atoms with E-state index in [0.717, 1.165) is 38.5 Å². The second kappa shape index (κ2) is 8.51. The van der Waals surface area contributed by atoms with Crippen molar-refractivity contribution in [2.24, 2.45) is 0 Å². The summed E-state index contributed by atoms with van der Waals surface area (Å²) in [6, 6.07) is 9.78. The Morgan fingerprint density at radius 3 is 0.833 bits per heavy atom. The first kappa shape index (κ1) is 18.8. The van der Waals surface area contributed by atoms with Gasteiger partial charge in [0.25, 0.3) is 0 Å². The Bertz CT molecular complexity index is 580. The van der Waals surface area contributed by atoms with Crippen molar-refractivity contribution >= 4 is 0 Å². The number of hydrogen-bond donors (Lipinski definition) is 0. The molecule has 0 aliphatic carbocycles. The van der Waals surface area contributed by atoms with E-state index >= 15 is 0 Å². The molecule has 0 saturated carbocycles. The van der Waals surface area contributed by atoms with Gasteiger partial charge in [-0.25, -0.2) is 0 Å². The van der Waals surface area contributed by atoms with Gasteiger partial charge in [-0.2, -0.15) is 0 Å². The van der Waals surface area contributed by atoms with E-state index in [2.05, 4.69) is 65.8 Å². The van der Waals surface area contributed by atoms with Crippen molar-refractivity contribution in [3.63, 3.8) is 0 Å². The molecule has 2 aromatic rings. The van der Waals surface area contributed by atoms with Gasteiger partial charge in [-0.1, -0.05) is 65.8 Å². The quantitative estimate of drug-likeness (QED) is 0.530. The lowest BCUT2D eigenvalue weighted by molar-refractivity contribution is 1.02. The highest BCUT2D eigenvalue weighted by molar-refractivity contribution is 5.78. The van der Waals surface area contributed by atoms with E-state index in [-0.39, 0.29) is 0 Å². The maximum absolute atomic E-state index is 2.45. The van der Waals surface area contributed by atoms with Gasteiger partial charge in [0.05, 0.1) is 0 Å². The number of aryl methyl sites for hydroxylation is 6. The maximum atomic E-state index is 2.45. The van der Waals surface area contributed by atoms with Crippen LogP contribution < -0.4 is 0 Å². The van der Waals surface area contributed by atoms with Gasteiger partial charge >= 0.3 is 0 Å². The third-order valence-electron chi connectivity index (χ3n) is 5.31. The lowest BCUT2D eigenvalue weighted by Gasteiger charge is -2.22. The Morgan fingerprint density at radius 1 is 0.417 bits per heavy atom. The first-order valence-corrected chi connectivity index (χ1v) is 9.92. The van der Waals surface area contributed by atoms with Gasteiger partial charge in [-0.3, -0.25) is 0 Å². The van der Waals surface area contributed by atoms with Crippen LogP contribution >= 0.6 is 0 Å². The minimum absolute atomic E-state index is 1.11. The van der Waals surface area contributed by atoms with E-state index < -0.39 is 0 Å². The third kappa shape index (κ3) is 3.58. The average molecular weight is 323 g/mol. The molecule has 0 heterocycles. The number of rotatable bonds is 7. The fourth-order valence-corrected chi connectivity index (χ4v) is 3.85. The van der Waals surface area contributed by atoms with Gasteiger partial charge in [0.2, 0.25) is 0 Å². The van der Waals surface area contributed by atoms with Gasteiger partial charge in [0.1, 0.15) is 0 Å². The summed E-state index contributed by atoms with van der Waals surface area (Å²) in [6.07, 6.45) is 6.68. The van der Waals surface area contributed by atoms with Crippen LogP contribution in [0.1, 0.15) is 74.9 Å². The van der Waals surface area contributed by atoms with Crippen LogP contribution in [-0.4, -0.2) is 0 Å². The van der Waals surface area contributed by atoms with Crippen molar-refractivity contribution in [1.82, 2.24) is 0 Å². The van der Waals surface area contributed by atoms with Gasteiger partial charge in [-0.15, -0.1) is 0 Å². The van der Waals surface area contributed by atoms with Gasteiger partial charge < -0.3 is 0 Å². The van der Waals surface area contributed by atoms with Crippen molar-refractivity contribution in [3.8, 4) is 11.1 Å². The molecule has 0 atom stereocenters. The summed E-state index contributed by atoms with van der Waals surface area (Å²) in [5.41, 5.74) is 12.1. The standard InChI is InChI=1S/C24H34/c1-7-17-13-19(9-3)23(20(10-4)14-17)24-21(11-5)15-18(8-2)16-22(24)12-6/h13-16H,7-12H2,1-6H3. The largest absolute Gasteiger partial charge is 0.0613 e. The smallest absolute Gasteiger partial charge is 0.0114 e. The highest BCUT2D eigenvalue weighted by atomic mass is 14.2. The normalized spacial score (nSPS) is 11.1. The van der Waals surface area contributed by atoms with Gasteiger partial charge in [-0.05, 0) is 83.0 Å². The summed E-state index contributed by atoms with van der Waals surface area (Å²) < 4.78 is 0. The van der Waals surface area contributed by atoms with Crippen molar-refractivity contribution < 1.29 is 0 Å². The minimum atomic E-state index is 1.11. The Balaban J connectivity index is 2.84. The van der Waals surface area contributed by atoms with Crippen molar-refractivity contribution in [2.75, 3.05) is 0 Å². The number of benzene rings is 2. The van der Waals surface area contributed by atoms with Crippen LogP contribution in [0.15, 0.2) is 24.3 Å². The first-order valence-electron chi connectivity index (χ1n) is 9.92. The van der Waals surface area contributed by atoms with E-state index in [0.29, 0.717) is 0 Å². The molecule has 0 aromatic heterocycles. The summed E-state index contributed by atoms with van der Waals surface area (Å²) in [5.74, 6) is 0.